The van der Waals surface area contributed by atoms with Gasteiger partial charge in [0.1, 0.15) is 10.7 Å². The fourth-order valence-corrected chi connectivity index (χ4v) is 5.72. The van der Waals surface area contributed by atoms with Crippen LogP contribution in [0.3, 0.4) is 0 Å². The molecule has 1 saturated heterocycles. The van der Waals surface area contributed by atoms with Crippen molar-refractivity contribution in [2.24, 2.45) is 0 Å². The molecule has 8 heteroatoms. The van der Waals surface area contributed by atoms with Crippen molar-refractivity contribution in [2.75, 3.05) is 13.6 Å². The summed E-state index contributed by atoms with van der Waals surface area (Å²) >= 11 is 1.62. The van der Waals surface area contributed by atoms with E-state index >= 15 is 0 Å². The monoisotopic (exact) mass is 501 g/mol. The first-order valence-electron chi connectivity index (χ1n) is 12.2. The highest BCUT2D eigenvalue weighted by Gasteiger charge is 2.36. The summed E-state index contributed by atoms with van der Waals surface area (Å²) in [6.45, 7) is 11.0. The molecular formula is C28H31N5O2S. The number of likely N-dealkylation sites (tertiary alicyclic amines) is 1. The average Bonchev–Trinajstić information content (AvgIpc) is 3.61. The molecule has 2 aliphatic rings. The van der Waals surface area contributed by atoms with Gasteiger partial charge in [0.2, 0.25) is 11.8 Å². The van der Waals surface area contributed by atoms with Crippen LogP contribution in [-0.2, 0) is 16.6 Å². The summed E-state index contributed by atoms with van der Waals surface area (Å²) in [4.78, 5) is 22.2. The number of benzene rings is 1. The summed E-state index contributed by atoms with van der Waals surface area (Å²) in [7, 11) is 1.86. The molecule has 1 atom stereocenters. The predicted molar refractivity (Wildman–Crippen MR) is 141 cm³/mol. The molecule has 2 aliphatic heterocycles. The minimum Gasteiger partial charge on any atom is -0.420 e. The standard InChI is InChI=1S/C28H31N5O2S/c1-18-17-36-25(29-18)22-12-9-13-33(22)26(34)23-15-21(14-19(2)32(23)5)24-30-31-27(35-24)28(3,4)16-20-10-7-6-8-11-20/h6-8,10-11,14-15,17,22H,2,9,12-13,16H2,1,3-5H3. The number of allylic oxidation sites excluding steroid dienone is 3. The van der Waals surface area contributed by atoms with E-state index in [1.165, 1.54) is 5.56 Å². The van der Waals surface area contributed by atoms with E-state index in [0.29, 0.717) is 35.3 Å². The fraction of sp³-hybridized carbons (Fsp3) is 0.357. The Balaban J connectivity index is 1.40. The van der Waals surface area contributed by atoms with E-state index in [2.05, 4.69) is 47.7 Å². The van der Waals surface area contributed by atoms with Crippen LogP contribution in [0.2, 0.25) is 0 Å². The molecule has 7 nitrogen and oxygen atoms in total. The zero-order valence-corrected chi connectivity index (χ0v) is 22.0. The molecule has 1 aromatic carbocycles. The highest BCUT2D eigenvalue weighted by atomic mass is 32.1. The first-order valence-corrected chi connectivity index (χ1v) is 13.1. The highest BCUT2D eigenvalue weighted by Crippen LogP contribution is 2.37. The Labute approximate surface area is 215 Å². The van der Waals surface area contributed by atoms with Gasteiger partial charge >= 0.3 is 0 Å². The third-order valence-corrected chi connectivity index (χ3v) is 7.86. The molecule has 1 fully saturated rings. The number of hydrogen-bond acceptors (Lipinski definition) is 7. The van der Waals surface area contributed by atoms with Crippen molar-refractivity contribution in [3.05, 3.63) is 93.9 Å². The van der Waals surface area contributed by atoms with Gasteiger partial charge in [0.05, 0.1) is 6.04 Å². The molecule has 5 rings (SSSR count). The SMILES string of the molecule is C=C1C=C(c2nnc(C(C)(C)Cc3ccccc3)o2)C=C(C(=O)N2CCCC2c2nc(C)cs2)N1C. The molecule has 36 heavy (non-hydrogen) atoms. The number of carbonyl (C=O) groups is 1. The number of rotatable bonds is 6. The van der Waals surface area contributed by atoms with Gasteiger partial charge in [-0.1, -0.05) is 50.8 Å². The maximum atomic E-state index is 13.7. The van der Waals surface area contributed by atoms with Gasteiger partial charge in [-0.05, 0) is 43.9 Å². The van der Waals surface area contributed by atoms with Crippen LogP contribution in [0.1, 0.15) is 60.8 Å². The van der Waals surface area contributed by atoms with Crippen LogP contribution in [0.5, 0.6) is 0 Å². The van der Waals surface area contributed by atoms with Gasteiger partial charge in [0.25, 0.3) is 5.91 Å². The van der Waals surface area contributed by atoms with Crippen molar-refractivity contribution in [1.29, 1.82) is 0 Å². The van der Waals surface area contributed by atoms with Crippen molar-refractivity contribution in [2.45, 2.75) is 51.5 Å². The van der Waals surface area contributed by atoms with Crippen LogP contribution in [0.25, 0.3) is 5.57 Å². The van der Waals surface area contributed by atoms with E-state index in [-0.39, 0.29) is 17.4 Å². The molecule has 2 aromatic heterocycles. The maximum absolute atomic E-state index is 13.7. The van der Waals surface area contributed by atoms with Gasteiger partial charge in [-0.2, -0.15) is 0 Å². The Kier molecular flexibility index (Phi) is 6.38. The van der Waals surface area contributed by atoms with Gasteiger partial charge < -0.3 is 14.2 Å². The average molecular weight is 502 g/mol. The number of hydrogen-bond donors (Lipinski definition) is 0. The largest absolute Gasteiger partial charge is 0.420 e. The second-order valence-electron chi connectivity index (χ2n) is 10.1. The van der Waals surface area contributed by atoms with Crippen LogP contribution in [0, 0.1) is 6.92 Å². The second-order valence-corrected chi connectivity index (χ2v) is 11.0. The van der Waals surface area contributed by atoms with Crippen molar-refractivity contribution in [3.8, 4) is 0 Å². The lowest BCUT2D eigenvalue weighted by molar-refractivity contribution is -0.129. The fourth-order valence-electron chi connectivity index (χ4n) is 4.78. The number of aryl methyl sites for hydroxylation is 1. The van der Waals surface area contributed by atoms with E-state index in [1.54, 1.807) is 11.3 Å². The van der Waals surface area contributed by atoms with E-state index in [0.717, 1.165) is 30.0 Å². The summed E-state index contributed by atoms with van der Waals surface area (Å²) in [5.74, 6) is 0.912. The smallest absolute Gasteiger partial charge is 0.271 e. The van der Waals surface area contributed by atoms with E-state index in [4.69, 9.17) is 4.42 Å². The molecular weight excluding hydrogens is 470 g/mol. The van der Waals surface area contributed by atoms with Crippen molar-refractivity contribution < 1.29 is 9.21 Å². The lowest BCUT2D eigenvalue weighted by Crippen LogP contribution is -2.37. The molecule has 0 spiro atoms. The van der Waals surface area contributed by atoms with Crippen LogP contribution in [0.15, 0.2) is 70.3 Å². The van der Waals surface area contributed by atoms with Gasteiger partial charge in [0.15, 0.2) is 0 Å². The zero-order chi connectivity index (χ0) is 25.4. The number of thiazole rings is 1. The van der Waals surface area contributed by atoms with Crippen LogP contribution in [-0.4, -0.2) is 44.5 Å². The third-order valence-electron chi connectivity index (χ3n) is 6.80. The van der Waals surface area contributed by atoms with Crippen molar-refractivity contribution in [1.82, 2.24) is 25.0 Å². The zero-order valence-electron chi connectivity index (χ0n) is 21.2. The minimum absolute atomic E-state index is 0.00177. The molecule has 186 valence electrons. The van der Waals surface area contributed by atoms with E-state index < -0.39 is 0 Å². The predicted octanol–water partition coefficient (Wildman–Crippen LogP) is 5.44. The lowest BCUT2D eigenvalue weighted by Gasteiger charge is -2.31. The first-order chi connectivity index (χ1) is 17.2. The van der Waals surface area contributed by atoms with Crippen LogP contribution < -0.4 is 0 Å². The van der Waals surface area contributed by atoms with Gasteiger partial charge in [-0.3, -0.25) is 4.79 Å². The molecule has 0 radical (unpaired) electrons. The molecule has 3 aromatic rings. The number of aromatic nitrogens is 3. The molecule has 0 aliphatic carbocycles. The summed E-state index contributed by atoms with van der Waals surface area (Å²) < 4.78 is 6.16. The second kappa shape index (κ2) is 9.50. The number of likely N-dealkylation sites (N-methyl/N-ethyl adjacent to an activating group) is 1. The van der Waals surface area contributed by atoms with Crippen molar-refractivity contribution in [3.63, 3.8) is 0 Å². The highest BCUT2D eigenvalue weighted by molar-refractivity contribution is 7.09. The Morgan fingerprint density at radius 3 is 2.72 bits per heavy atom. The Morgan fingerprint density at radius 2 is 2.00 bits per heavy atom. The molecule has 0 bridgehead atoms. The number of nitrogens with zero attached hydrogens (tertiary/aromatic N) is 5. The van der Waals surface area contributed by atoms with Gasteiger partial charge in [0, 0.05) is 41.4 Å². The maximum Gasteiger partial charge on any atom is 0.271 e. The number of amides is 1. The van der Waals surface area contributed by atoms with E-state index in [1.807, 2.05) is 59.5 Å². The van der Waals surface area contributed by atoms with Crippen LogP contribution >= 0.6 is 11.3 Å². The van der Waals surface area contributed by atoms with Gasteiger partial charge in [-0.15, -0.1) is 21.5 Å². The minimum atomic E-state index is -0.341. The molecule has 4 heterocycles. The topological polar surface area (TPSA) is 75.4 Å². The molecule has 0 N–H and O–H groups in total. The first kappa shape index (κ1) is 24.2. The summed E-state index contributed by atoms with van der Waals surface area (Å²) in [6, 6.07) is 10.3. The summed E-state index contributed by atoms with van der Waals surface area (Å²) in [6.07, 6.45) is 6.36. The van der Waals surface area contributed by atoms with E-state index in [9.17, 15) is 4.79 Å². The molecule has 1 amide bonds. The van der Waals surface area contributed by atoms with Crippen LogP contribution in [0.4, 0.5) is 0 Å². The Hall–Kier alpha value is -3.52. The summed E-state index contributed by atoms with van der Waals surface area (Å²) in [5, 5.41) is 11.7. The normalized spacial score (nSPS) is 18.4. The Morgan fingerprint density at radius 1 is 1.22 bits per heavy atom. The summed E-state index contributed by atoms with van der Waals surface area (Å²) in [5.41, 5.74) is 3.78. The van der Waals surface area contributed by atoms with Crippen molar-refractivity contribution >= 4 is 22.8 Å². The quantitative estimate of drug-likeness (QED) is 0.447. The van der Waals surface area contributed by atoms with Gasteiger partial charge in [-0.25, -0.2) is 4.98 Å². The Bertz CT molecular complexity index is 1350. The third kappa shape index (κ3) is 4.65. The molecule has 0 saturated carbocycles. The molecule has 1 unspecified atom stereocenters. The number of carbonyl (C=O) groups excluding carboxylic acids is 1. The lowest BCUT2D eigenvalue weighted by atomic mass is 9.86.